The summed E-state index contributed by atoms with van der Waals surface area (Å²) in [5.41, 5.74) is 4.41. The van der Waals surface area contributed by atoms with Gasteiger partial charge in [0.15, 0.2) is 0 Å². The number of aryl methyl sites for hydroxylation is 1. The third kappa shape index (κ3) is 3.37. The van der Waals surface area contributed by atoms with E-state index in [4.69, 9.17) is 9.26 Å². The normalized spacial score (nSPS) is 17.7. The average molecular weight is 352 g/mol. The maximum atomic E-state index is 5.53. The molecule has 1 aliphatic heterocycles. The maximum absolute atomic E-state index is 5.53. The lowest BCUT2D eigenvalue weighted by molar-refractivity contribution is 0.237. The number of hydrogen-bond acceptors (Lipinski definition) is 5. The first-order chi connectivity index (χ1) is 12.7. The Morgan fingerprint density at radius 3 is 2.88 bits per heavy atom. The molecule has 136 valence electrons. The van der Waals surface area contributed by atoms with Crippen molar-refractivity contribution in [1.82, 2.24) is 20.3 Å². The molecule has 0 spiro atoms. The van der Waals surface area contributed by atoms with Crippen LogP contribution in [0.25, 0.3) is 11.3 Å². The van der Waals surface area contributed by atoms with Crippen molar-refractivity contribution in [3.05, 3.63) is 53.5 Å². The molecule has 4 rings (SSSR count). The Labute approximate surface area is 153 Å². The average Bonchev–Trinajstić information content (AvgIpc) is 3.37. The van der Waals surface area contributed by atoms with Gasteiger partial charge in [-0.05, 0) is 57.5 Å². The van der Waals surface area contributed by atoms with Crippen LogP contribution in [0.1, 0.15) is 42.8 Å². The van der Waals surface area contributed by atoms with E-state index < -0.39 is 0 Å². The summed E-state index contributed by atoms with van der Waals surface area (Å²) < 4.78 is 10.8. The van der Waals surface area contributed by atoms with Gasteiger partial charge in [0.25, 0.3) is 0 Å². The molecular weight excluding hydrogens is 328 g/mol. The molecule has 6 heteroatoms. The number of hydrogen-bond donors (Lipinski definition) is 1. The van der Waals surface area contributed by atoms with Crippen LogP contribution in [0.15, 0.2) is 41.1 Å². The van der Waals surface area contributed by atoms with E-state index in [1.54, 1.807) is 0 Å². The summed E-state index contributed by atoms with van der Waals surface area (Å²) in [6.45, 7) is 6.51. The van der Waals surface area contributed by atoms with Crippen LogP contribution in [0, 0.1) is 6.92 Å². The Hall–Kier alpha value is -2.60. The Bertz CT molecular complexity index is 853. The lowest BCUT2D eigenvalue weighted by Gasteiger charge is -2.22. The van der Waals surface area contributed by atoms with Gasteiger partial charge in [0, 0.05) is 23.7 Å². The van der Waals surface area contributed by atoms with Gasteiger partial charge in [-0.25, -0.2) is 0 Å². The van der Waals surface area contributed by atoms with E-state index in [0.717, 1.165) is 48.0 Å². The molecule has 2 aromatic heterocycles. The summed E-state index contributed by atoms with van der Waals surface area (Å²) in [5, 5.41) is 11.7. The van der Waals surface area contributed by atoms with E-state index in [0.29, 0.717) is 12.6 Å². The molecule has 0 radical (unpaired) electrons. The van der Waals surface area contributed by atoms with Gasteiger partial charge in [0.05, 0.1) is 24.5 Å². The molecule has 26 heavy (non-hydrogen) atoms. The van der Waals surface area contributed by atoms with Crippen LogP contribution in [-0.4, -0.2) is 33.4 Å². The number of aromatic amines is 1. The van der Waals surface area contributed by atoms with Gasteiger partial charge in [0.1, 0.15) is 17.2 Å². The predicted octanol–water partition coefficient (Wildman–Crippen LogP) is 4.11. The van der Waals surface area contributed by atoms with Gasteiger partial charge >= 0.3 is 0 Å². The second-order valence-corrected chi connectivity index (χ2v) is 6.72. The molecule has 1 aromatic carbocycles. The highest BCUT2D eigenvalue weighted by Crippen LogP contribution is 2.34. The summed E-state index contributed by atoms with van der Waals surface area (Å²) in [7, 11) is 0. The summed E-state index contributed by atoms with van der Waals surface area (Å²) in [5.74, 6) is 1.75. The van der Waals surface area contributed by atoms with Crippen molar-refractivity contribution in [2.75, 3.05) is 13.2 Å². The highest BCUT2D eigenvalue weighted by molar-refractivity contribution is 5.63. The molecule has 6 nitrogen and oxygen atoms in total. The van der Waals surface area contributed by atoms with Crippen molar-refractivity contribution in [1.29, 1.82) is 0 Å². The number of likely N-dealkylation sites (tertiary alicyclic amines) is 1. The monoisotopic (exact) mass is 352 g/mol. The van der Waals surface area contributed by atoms with Crippen molar-refractivity contribution in [2.24, 2.45) is 0 Å². The third-order valence-corrected chi connectivity index (χ3v) is 4.90. The summed E-state index contributed by atoms with van der Waals surface area (Å²) in [4.78, 5) is 2.46. The van der Waals surface area contributed by atoms with Crippen molar-refractivity contribution in [3.8, 4) is 17.0 Å². The molecule has 0 unspecified atom stereocenters. The van der Waals surface area contributed by atoms with Crippen molar-refractivity contribution >= 4 is 0 Å². The highest BCUT2D eigenvalue weighted by atomic mass is 16.5. The first kappa shape index (κ1) is 16.8. The SMILES string of the molecule is CCOc1ccc(-c2[nH]ncc2CN2CCC[C@H]2c2cc(C)on2)cc1. The Kier molecular flexibility index (Phi) is 4.75. The molecular formula is C20H24N4O2. The van der Waals surface area contributed by atoms with E-state index in [1.165, 1.54) is 12.0 Å². The molecule has 0 aliphatic carbocycles. The Morgan fingerprint density at radius 1 is 1.31 bits per heavy atom. The van der Waals surface area contributed by atoms with Gasteiger partial charge in [-0.1, -0.05) is 5.16 Å². The van der Waals surface area contributed by atoms with E-state index >= 15 is 0 Å². The number of rotatable bonds is 6. The van der Waals surface area contributed by atoms with E-state index in [-0.39, 0.29) is 0 Å². The van der Waals surface area contributed by atoms with Crippen LogP contribution < -0.4 is 4.74 Å². The van der Waals surface area contributed by atoms with E-state index in [9.17, 15) is 0 Å². The molecule has 0 amide bonds. The molecule has 1 saturated heterocycles. The second kappa shape index (κ2) is 7.33. The van der Waals surface area contributed by atoms with E-state index in [2.05, 4.69) is 32.4 Å². The molecule has 0 bridgehead atoms. The largest absolute Gasteiger partial charge is 0.494 e. The standard InChI is InChI=1S/C20H24N4O2/c1-3-25-17-8-6-15(7-9-17)20-16(12-21-22-20)13-24-10-4-5-19(24)18-11-14(2)26-23-18/h6-9,11-12,19H,3-5,10,13H2,1-2H3,(H,21,22)/t19-/m0/s1. The minimum absolute atomic E-state index is 0.315. The molecule has 1 fully saturated rings. The molecule has 1 atom stereocenters. The van der Waals surface area contributed by atoms with Crippen LogP contribution in [0.4, 0.5) is 0 Å². The Morgan fingerprint density at radius 2 is 2.15 bits per heavy atom. The topological polar surface area (TPSA) is 67.2 Å². The zero-order chi connectivity index (χ0) is 17.9. The predicted molar refractivity (Wildman–Crippen MR) is 98.8 cm³/mol. The van der Waals surface area contributed by atoms with Crippen LogP contribution in [0.5, 0.6) is 5.75 Å². The summed E-state index contributed by atoms with van der Waals surface area (Å²) in [6, 6.07) is 10.5. The maximum Gasteiger partial charge on any atom is 0.133 e. The number of nitrogens with one attached hydrogen (secondary N) is 1. The number of ether oxygens (including phenoxy) is 1. The Balaban J connectivity index is 1.53. The van der Waals surface area contributed by atoms with Crippen LogP contribution in [0.2, 0.25) is 0 Å². The van der Waals surface area contributed by atoms with Gasteiger partial charge in [-0.2, -0.15) is 5.10 Å². The van der Waals surface area contributed by atoms with Crippen LogP contribution in [-0.2, 0) is 6.54 Å². The van der Waals surface area contributed by atoms with Crippen LogP contribution >= 0.6 is 0 Å². The minimum Gasteiger partial charge on any atom is -0.494 e. The van der Waals surface area contributed by atoms with Crippen LogP contribution in [0.3, 0.4) is 0 Å². The van der Waals surface area contributed by atoms with Gasteiger partial charge in [-0.15, -0.1) is 0 Å². The van der Waals surface area contributed by atoms with Crippen molar-refractivity contribution in [3.63, 3.8) is 0 Å². The fourth-order valence-corrected chi connectivity index (χ4v) is 3.68. The number of benzene rings is 1. The number of nitrogens with zero attached hydrogens (tertiary/aromatic N) is 3. The van der Waals surface area contributed by atoms with Gasteiger partial charge < -0.3 is 9.26 Å². The molecule has 0 saturated carbocycles. The molecule has 3 aromatic rings. The lowest BCUT2D eigenvalue weighted by atomic mass is 10.1. The lowest BCUT2D eigenvalue weighted by Crippen LogP contribution is -2.23. The van der Waals surface area contributed by atoms with Crippen molar-refractivity contribution < 1.29 is 9.26 Å². The summed E-state index contributed by atoms with van der Waals surface area (Å²) in [6.07, 6.45) is 4.21. The zero-order valence-corrected chi connectivity index (χ0v) is 15.2. The van der Waals surface area contributed by atoms with Gasteiger partial charge in [0.2, 0.25) is 0 Å². The molecule has 1 N–H and O–H groups in total. The molecule has 1 aliphatic rings. The summed E-state index contributed by atoms with van der Waals surface area (Å²) >= 11 is 0. The smallest absolute Gasteiger partial charge is 0.133 e. The zero-order valence-electron chi connectivity index (χ0n) is 15.2. The first-order valence-electron chi connectivity index (χ1n) is 9.17. The third-order valence-electron chi connectivity index (χ3n) is 4.90. The van der Waals surface area contributed by atoms with Gasteiger partial charge in [-0.3, -0.25) is 10.00 Å². The number of H-pyrrole nitrogens is 1. The quantitative estimate of drug-likeness (QED) is 0.723. The first-order valence-corrected chi connectivity index (χ1v) is 9.17. The van der Waals surface area contributed by atoms with E-state index in [1.807, 2.05) is 38.2 Å². The van der Waals surface area contributed by atoms with Crippen molar-refractivity contribution in [2.45, 2.75) is 39.3 Å². The minimum atomic E-state index is 0.315. The number of aromatic nitrogens is 3. The second-order valence-electron chi connectivity index (χ2n) is 6.72. The fraction of sp³-hybridized carbons (Fsp3) is 0.400. The highest BCUT2D eigenvalue weighted by Gasteiger charge is 2.29. The molecule has 3 heterocycles. The fourth-order valence-electron chi connectivity index (χ4n) is 3.68.